The zero-order valence-electron chi connectivity index (χ0n) is 17.5. The van der Waals surface area contributed by atoms with Gasteiger partial charge < -0.3 is 19.8 Å². The third kappa shape index (κ3) is 4.54. The van der Waals surface area contributed by atoms with Crippen molar-refractivity contribution >= 4 is 17.5 Å². The maximum Gasteiger partial charge on any atom is 0.247 e. The van der Waals surface area contributed by atoms with Crippen LogP contribution < -0.4 is 9.80 Å². The van der Waals surface area contributed by atoms with E-state index >= 15 is 0 Å². The van der Waals surface area contributed by atoms with Crippen LogP contribution in [0.25, 0.3) is 0 Å². The van der Waals surface area contributed by atoms with E-state index in [2.05, 4.69) is 30.0 Å². The Balaban J connectivity index is 1.28. The third-order valence-corrected chi connectivity index (χ3v) is 5.94. The second-order valence-electron chi connectivity index (χ2n) is 7.78. The topological polar surface area (TPSA) is 93.9 Å². The van der Waals surface area contributed by atoms with Crippen molar-refractivity contribution < 1.29 is 9.90 Å². The van der Waals surface area contributed by atoms with Crippen molar-refractivity contribution in [2.24, 2.45) is 0 Å². The summed E-state index contributed by atoms with van der Waals surface area (Å²) in [6, 6.07) is 5.59. The first-order valence-electron chi connectivity index (χ1n) is 10.6. The van der Waals surface area contributed by atoms with Gasteiger partial charge in [0.1, 0.15) is 6.04 Å². The smallest absolute Gasteiger partial charge is 0.247 e. The lowest BCUT2D eigenvalue weighted by atomic mass is 10.2. The second-order valence-corrected chi connectivity index (χ2v) is 7.78. The molecule has 1 atom stereocenters. The lowest BCUT2D eigenvalue weighted by Gasteiger charge is -2.37. The fraction of sp³-hybridized carbons (Fsp3) is 0.600. The molecule has 4 heterocycles. The van der Waals surface area contributed by atoms with Crippen LogP contribution in [-0.2, 0) is 4.79 Å². The number of β-amino-alcohol motifs (C(OH)–C–C–N with tert-alkyl or cyclic N) is 1. The molecule has 4 rings (SSSR count). The van der Waals surface area contributed by atoms with Crippen LogP contribution in [0.15, 0.2) is 30.6 Å². The summed E-state index contributed by atoms with van der Waals surface area (Å²) in [7, 11) is 0. The Morgan fingerprint density at radius 1 is 1.00 bits per heavy atom. The van der Waals surface area contributed by atoms with Crippen LogP contribution in [0.3, 0.4) is 0 Å². The third-order valence-electron chi connectivity index (χ3n) is 5.94. The van der Waals surface area contributed by atoms with Crippen LogP contribution in [0.4, 0.5) is 11.6 Å². The largest absolute Gasteiger partial charge is 0.395 e. The summed E-state index contributed by atoms with van der Waals surface area (Å²) in [5, 5.41) is 22.1. The maximum atomic E-state index is 12.7. The van der Waals surface area contributed by atoms with Crippen molar-refractivity contribution in [1.82, 2.24) is 29.8 Å². The fourth-order valence-electron chi connectivity index (χ4n) is 4.04. The molecule has 10 nitrogen and oxygen atoms in total. The molecule has 2 aromatic heterocycles. The number of aromatic nitrogens is 4. The molecule has 2 aromatic rings. The van der Waals surface area contributed by atoms with Gasteiger partial charge in [-0.1, -0.05) is 0 Å². The van der Waals surface area contributed by atoms with Crippen LogP contribution in [-0.4, -0.2) is 106 Å². The molecule has 0 saturated carbocycles. The van der Waals surface area contributed by atoms with Gasteiger partial charge in [-0.3, -0.25) is 14.4 Å². The van der Waals surface area contributed by atoms with Crippen molar-refractivity contribution in [1.29, 1.82) is 0 Å². The lowest BCUT2D eigenvalue weighted by Crippen LogP contribution is -2.50. The zero-order chi connectivity index (χ0) is 20.9. The van der Waals surface area contributed by atoms with E-state index in [1.807, 2.05) is 36.2 Å². The summed E-state index contributed by atoms with van der Waals surface area (Å²) in [6.07, 6.45) is 3.52. The Morgan fingerprint density at radius 2 is 1.60 bits per heavy atom. The molecule has 0 spiro atoms. The van der Waals surface area contributed by atoms with E-state index in [1.54, 1.807) is 10.9 Å². The highest BCUT2D eigenvalue weighted by Crippen LogP contribution is 2.19. The average Bonchev–Trinajstić information content (AvgIpc) is 3.34. The van der Waals surface area contributed by atoms with Crippen molar-refractivity contribution in [2.75, 3.05) is 75.3 Å². The van der Waals surface area contributed by atoms with Crippen LogP contribution in [0.1, 0.15) is 13.0 Å². The van der Waals surface area contributed by atoms with E-state index in [9.17, 15) is 4.79 Å². The van der Waals surface area contributed by atoms with Gasteiger partial charge >= 0.3 is 0 Å². The molecule has 0 aliphatic carbocycles. The number of rotatable bonds is 6. The Hall–Kier alpha value is -2.72. The standard InChI is InChI=1S/C20H30N8O2/c1-17(28-6-2-5-21-28)20(30)27-13-11-26(12-14-27)19-4-3-18(22-23-19)25-9-7-24(8-10-25)15-16-29/h2-6,17,29H,7-16H2,1H3. The number of carbonyl (C=O) groups is 1. The number of nitrogens with zero attached hydrogens (tertiary/aromatic N) is 8. The van der Waals surface area contributed by atoms with Crippen molar-refractivity contribution in [2.45, 2.75) is 13.0 Å². The molecule has 1 N–H and O–H groups in total. The van der Waals surface area contributed by atoms with Gasteiger partial charge in [0.2, 0.25) is 5.91 Å². The molecule has 162 valence electrons. The SMILES string of the molecule is CC(C(=O)N1CCN(c2ccc(N3CCN(CCO)CC3)nn2)CC1)n1cccn1. The summed E-state index contributed by atoms with van der Waals surface area (Å²) in [5.74, 6) is 1.84. The van der Waals surface area contributed by atoms with Crippen molar-refractivity contribution in [3.63, 3.8) is 0 Å². The monoisotopic (exact) mass is 414 g/mol. The van der Waals surface area contributed by atoms with E-state index in [-0.39, 0.29) is 18.6 Å². The Kier molecular flexibility index (Phi) is 6.44. The molecule has 0 aromatic carbocycles. The Bertz CT molecular complexity index is 797. The van der Waals surface area contributed by atoms with Gasteiger partial charge in [-0.05, 0) is 25.1 Å². The molecule has 0 radical (unpaired) electrons. The summed E-state index contributed by atoms with van der Waals surface area (Å²) >= 11 is 0. The second kappa shape index (κ2) is 9.40. The molecule has 2 saturated heterocycles. The van der Waals surface area contributed by atoms with Gasteiger partial charge in [0.05, 0.1) is 6.61 Å². The molecule has 0 bridgehead atoms. The first-order chi connectivity index (χ1) is 14.7. The van der Waals surface area contributed by atoms with Crippen LogP contribution >= 0.6 is 0 Å². The first kappa shape index (κ1) is 20.5. The summed E-state index contributed by atoms with van der Waals surface area (Å²) < 4.78 is 1.70. The highest BCUT2D eigenvalue weighted by atomic mass is 16.3. The number of carbonyl (C=O) groups excluding carboxylic acids is 1. The molecule has 2 aliphatic rings. The molecular weight excluding hydrogens is 384 g/mol. The van der Waals surface area contributed by atoms with E-state index in [1.165, 1.54) is 0 Å². The van der Waals surface area contributed by atoms with Crippen molar-refractivity contribution in [3.05, 3.63) is 30.6 Å². The van der Waals surface area contributed by atoms with Crippen molar-refractivity contribution in [3.8, 4) is 0 Å². The number of piperazine rings is 2. The van der Waals surface area contributed by atoms with Gasteiger partial charge in [0.15, 0.2) is 11.6 Å². The number of amides is 1. The summed E-state index contributed by atoms with van der Waals surface area (Å²) in [6.45, 7) is 9.28. The van der Waals surface area contributed by atoms with Crippen LogP contribution in [0.5, 0.6) is 0 Å². The predicted octanol–water partition coefficient (Wildman–Crippen LogP) is -0.303. The number of hydrogen-bond donors (Lipinski definition) is 1. The predicted molar refractivity (Wildman–Crippen MR) is 114 cm³/mol. The van der Waals surface area contributed by atoms with E-state index in [4.69, 9.17) is 5.11 Å². The van der Waals surface area contributed by atoms with Crippen LogP contribution in [0.2, 0.25) is 0 Å². The van der Waals surface area contributed by atoms with E-state index in [0.29, 0.717) is 13.1 Å². The van der Waals surface area contributed by atoms with E-state index in [0.717, 1.165) is 57.4 Å². The molecule has 10 heteroatoms. The molecule has 2 aliphatic heterocycles. The fourth-order valence-corrected chi connectivity index (χ4v) is 4.04. The first-order valence-corrected chi connectivity index (χ1v) is 10.6. The Labute approximate surface area is 176 Å². The number of aliphatic hydroxyl groups excluding tert-OH is 1. The Morgan fingerprint density at radius 3 is 2.10 bits per heavy atom. The molecule has 30 heavy (non-hydrogen) atoms. The number of hydrogen-bond acceptors (Lipinski definition) is 8. The highest BCUT2D eigenvalue weighted by molar-refractivity contribution is 5.80. The summed E-state index contributed by atoms with van der Waals surface area (Å²) in [4.78, 5) is 21.3. The minimum Gasteiger partial charge on any atom is -0.395 e. The van der Waals surface area contributed by atoms with Gasteiger partial charge in [-0.2, -0.15) is 5.10 Å². The lowest BCUT2D eigenvalue weighted by molar-refractivity contribution is -0.134. The molecule has 1 unspecified atom stereocenters. The molecule has 1 amide bonds. The van der Waals surface area contributed by atoms with Gasteiger partial charge in [-0.25, -0.2) is 0 Å². The van der Waals surface area contributed by atoms with Gasteiger partial charge in [0, 0.05) is 71.3 Å². The minimum atomic E-state index is -0.288. The molecule has 2 fully saturated rings. The zero-order valence-corrected chi connectivity index (χ0v) is 17.5. The quantitative estimate of drug-likeness (QED) is 0.689. The number of anilines is 2. The highest BCUT2D eigenvalue weighted by Gasteiger charge is 2.27. The number of aliphatic hydroxyl groups is 1. The maximum absolute atomic E-state index is 12.7. The average molecular weight is 415 g/mol. The van der Waals surface area contributed by atoms with Crippen LogP contribution in [0, 0.1) is 0 Å². The minimum absolute atomic E-state index is 0.0973. The molecular formula is C20H30N8O2. The normalized spacial score (nSPS) is 19.2. The summed E-state index contributed by atoms with van der Waals surface area (Å²) in [5.41, 5.74) is 0. The van der Waals surface area contributed by atoms with Gasteiger partial charge in [0.25, 0.3) is 0 Å². The van der Waals surface area contributed by atoms with Gasteiger partial charge in [-0.15, -0.1) is 10.2 Å². The van der Waals surface area contributed by atoms with E-state index < -0.39 is 0 Å².